The first-order chi connectivity index (χ1) is 8.22. The molecule has 102 valence electrons. The molecule has 17 heavy (non-hydrogen) atoms. The highest BCUT2D eigenvalue weighted by Gasteiger charge is 2.26. The van der Waals surface area contributed by atoms with Crippen LogP contribution in [0.5, 0.6) is 0 Å². The van der Waals surface area contributed by atoms with Crippen LogP contribution in [0.4, 0.5) is 0 Å². The summed E-state index contributed by atoms with van der Waals surface area (Å²) >= 11 is 0. The summed E-state index contributed by atoms with van der Waals surface area (Å²) in [6, 6.07) is 1.56. The van der Waals surface area contributed by atoms with E-state index < -0.39 is 0 Å². The molecular weight excluding hydrogens is 208 g/mol. The fraction of sp³-hybridized carbons (Fsp3) is 1.00. The molecule has 1 rings (SSSR count). The van der Waals surface area contributed by atoms with Crippen molar-refractivity contribution in [3.63, 3.8) is 0 Å². The summed E-state index contributed by atoms with van der Waals surface area (Å²) < 4.78 is 0. The average Bonchev–Trinajstić information content (AvgIpc) is 2.39. The molecule has 1 atom stereocenters. The van der Waals surface area contributed by atoms with Crippen molar-refractivity contribution in [2.24, 2.45) is 5.92 Å². The SMILES string of the molecule is CCNCC(CC)N(C)C1CCC(CC)CC1. The first-order valence-corrected chi connectivity index (χ1v) is 7.65. The van der Waals surface area contributed by atoms with Gasteiger partial charge in [-0.2, -0.15) is 0 Å². The van der Waals surface area contributed by atoms with Gasteiger partial charge in [0, 0.05) is 18.6 Å². The first kappa shape index (κ1) is 15.0. The highest BCUT2D eigenvalue weighted by Crippen LogP contribution is 2.29. The summed E-state index contributed by atoms with van der Waals surface area (Å²) in [7, 11) is 2.34. The molecule has 0 bridgehead atoms. The van der Waals surface area contributed by atoms with Crippen molar-refractivity contribution in [2.45, 2.75) is 71.4 Å². The van der Waals surface area contributed by atoms with Gasteiger partial charge in [-0.05, 0) is 51.6 Å². The maximum absolute atomic E-state index is 3.50. The van der Waals surface area contributed by atoms with E-state index >= 15 is 0 Å². The van der Waals surface area contributed by atoms with Crippen LogP contribution in [0.1, 0.15) is 59.3 Å². The Bertz CT molecular complexity index is 185. The molecule has 0 radical (unpaired) electrons. The third-order valence-electron chi connectivity index (χ3n) is 4.65. The molecule has 1 saturated carbocycles. The molecule has 0 aliphatic heterocycles. The average molecular weight is 240 g/mol. The van der Waals surface area contributed by atoms with Gasteiger partial charge in [-0.1, -0.05) is 27.2 Å². The quantitative estimate of drug-likeness (QED) is 0.735. The Balaban J connectivity index is 2.37. The molecule has 0 saturated heterocycles. The van der Waals surface area contributed by atoms with Gasteiger partial charge in [-0.25, -0.2) is 0 Å². The van der Waals surface area contributed by atoms with Crippen molar-refractivity contribution < 1.29 is 0 Å². The molecule has 1 N–H and O–H groups in total. The highest BCUT2D eigenvalue weighted by molar-refractivity contribution is 4.82. The monoisotopic (exact) mass is 240 g/mol. The summed E-state index contributed by atoms with van der Waals surface area (Å²) in [5, 5.41) is 3.50. The van der Waals surface area contributed by atoms with Gasteiger partial charge in [-0.15, -0.1) is 0 Å². The first-order valence-electron chi connectivity index (χ1n) is 7.65. The lowest BCUT2D eigenvalue weighted by molar-refractivity contribution is 0.115. The third-order valence-corrected chi connectivity index (χ3v) is 4.65. The van der Waals surface area contributed by atoms with E-state index in [4.69, 9.17) is 0 Å². The van der Waals surface area contributed by atoms with Crippen LogP contribution in [0, 0.1) is 5.92 Å². The molecule has 0 spiro atoms. The lowest BCUT2D eigenvalue weighted by Gasteiger charge is -2.39. The Hall–Kier alpha value is -0.0800. The minimum absolute atomic E-state index is 0.720. The number of hydrogen-bond acceptors (Lipinski definition) is 2. The maximum atomic E-state index is 3.50. The molecular formula is C15H32N2. The van der Waals surface area contributed by atoms with Gasteiger partial charge < -0.3 is 5.32 Å². The van der Waals surface area contributed by atoms with Crippen molar-refractivity contribution in [3.8, 4) is 0 Å². The zero-order valence-electron chi connectivity index (χ0n) is 12.3. The third kappa shape index (κ3) is 4.59. The van der Waals surface area contributed by atoms with Crippen molar-refractivity contribution >= 4 is 0 Å². The minimum atomic E-state index is 0.720. The minimum Gasteiger partial charge on any atom is -0.315 e. The van der Waals surface area contributed by atoms with Crippen molar-refractivity contribution in [3.05, 3.63) is 0 Å². The summed E-state index contributed by atoms with van der Waals surface area (Å²) in [6.07, 6.45) is 8.36. The summed E-state index contributed by atoms with van der Waals surface area (Å²) in [5.74, 6) is 1.01. The summed E-state index contributed by atoms with van der Waals surface area (Å²) in [5.41, 5.74) is 0. The maximum Gasteiger partial charge on any atom is 0.0217 e. The molecule has 2 heteroatoms. The van der Waals surface area contributed by atoms with E-state index in [1.54, 1.807) is 0 Å². The fourth-order valence-electron chi connectivity index (χ4n) is 3.15. The standard InChI is InChI=1S/C15H32N2/c1-5-13-8-10-15(11-9-13)17(4)14(6-2)12-16-7-3/h13-16H,5-12H2,1-4H3. The Morgan fingerprint density at radius 1 is 1.12 bits per heavy atom. The van der Waals surface area contributed by atoms with Crippen LogP contribution >= 0.6 is 0 Å². The van der Waals surface area contributed by atoms with Crippen molar-refractivity contribution in [1.82, 2.24) is 10.2 Å². The second kappa shape index (κ2) is 8.10. The molecule has 0 amide bonds. The predicted octanol–water partition coefficient (Wildman–Crippen LogP) is 3.28. The number of nitrogens with zero attached hydrogens (tertiary/aromatic N) is 1. The molecule has 2 nitrogen and oxygen atoms in total. The van der Waals surface area contributed by atoms with E-state index in [0.717, 1.165) is 31.1 Å². The van der Waals surface area contributed by atoms with Crippen LogP contribution in [0.2, 0.25) is 0 Å². The Morgan fingerprint density at radius 3 is 2.24 bits per heavy atom. The van der Waals surface area contributed by atoms with Crippen LogP contribution in [0.25, 0.3) is 0 Å². The molecule has 0 aromatic heterocycles. The van der Waals surface area contributed by atoms with Gasteiger partial charge in [0.1, 0.15) is 0 Å². The lowest BCUT2D eigenvalue weighted by atomic mass is 9.83. The largest absolute Gasteiger partial charge is 0.315 e. The second-order valence-electron chi connectivity index (χ2n) is 5.62. The summed E-state index contributed by atoms with van der Waals surface area (Å²) in [4.78, 5) is 2.65. The van der Waals surface area contributed by atoms with E-state index in [-0.39, 0.29) is 0 Å². The molecule has 0 aromatic rings. The van der Waals surface area contributed by atoms with E-state index in [9.17, 15) is 0 Å². The fourth-order valence-corrected chi connectivity index (χ4v) is 3.15. The molecule has 1 aliphatic carbocycles. The van der Waals surface area contributed by atoms with Gasteiger partial charge in [0.05, 0.1) is 0 Å². The Labute approximate surface area is 108 Å². The van der Waals surface area contributed by atoms with E-state index in [0.29, 0.717) is 0 Å². The van der Waals surface area contributed by atoms with E-state index in [1.165, 1.54) is 38.5 Å². The topological polar surface area (TPSA) is 15.3 Å². The van der Waals surface area contributed by atoms with Crippen LogP contribution < -0.4 is 5.32 Å². The molecule has 0 aromatic carbocycles. The number of rotatable bonds is 7. The van der Waals surface area contributed by atoms with Crippen LogP contribution in [-0.4, -0.2) is 37.1 Å². The van der Waals surface area contributed by atoms with Crippen LogP contribution in [0.15, 0.2) is 0 Å². The number of hydrogen-bond donors (Lipinski definition) is 1. The van der Waals surface area contributed by atoms with Gasteiger partial charge in [-0.3, -0.25) is 4.90 Å². The van der Waals surface area contributed by atoms with Crippen molar-refractivity contribution in [2.75, 3.05) is 20.1 Å². The smallest absolute Gasteiger partial charge is 0.0217 e. The molecule has 1 unspecified atom stereocenters. The van der Waals surface area contributed by atoms with Gasteiger partial charge in [0.25, 0.3) is 0 Å². The Kier molecular flexibility index (Phi) is 7.14. The molecule has 1 fully saturated rings. The molecule has 1 aliphatic rings. The zero-order valence-corrected chi connectivity index (χ0v) is 12.3. The molecule has 0 heterocycles. The van der Waals surface area contributed by atoms with E-state index in [2.05, 4.69) is 38.0 Å². The summed E-state index contributed by atoms with van der Waals surface area (Å²) in [6.45, 7) is 9.09. The highest BCUT2D eigenvalue weighted by atomic mass is 15.2. The second-order valence-corrected chi connectivity index (χ2v) is 5.62. The zero-order chi connectivity index (χ0) is 12.7. The van der Waals surface area contributed by atoms with Crippen LogP contribution in [-0.2, 0) is 0 Å². The van der Waals surface area contributed by atoms with Gasteiger partial charge >= 0.3 is 0 Å². The van der Waals surface area contributed by atoms with E-state index in [1.807, 2.05) is 0 Å². The van der Waals surface area contributed by atoms with Crippen LogP contribution in [0.3, 0.4) is 0 Å². The number of likely N-dealkylation sites (N-methyl/N-ethyl adjacent to an activating group) is 2. The van der Waals surface area contributed by atoms with Gasteiger partial charge in [0.15, 0.2) is 0 Å². The number of nitrogens with one attached hydrogen (secondary N) is 1. The van der Waals surface area contributed by atoms with Gasteiger partial charge in [0.2, 0.25) is 0 Å². The lowest BCUT2D eigenvalue weighted by Crippen LogP contribution is -2.46. The predicted molar refractivity (Wildman–Crippen MR) is 76.4 cm³/mol. The normalized spacial score (nSPS) is 27.4. The van der Waals surface area contributed by atoms with Crippen molar-refractivity contribution in [1.29, 1.82) is 0 Å². The Morgan fingerprint density at radius 2 is 1.76 bits per heavy atom.